The summed E-state index contributed by atoms with van der Waals surface area (Å²) in [6, 6.07) is 3.84. The van der Waals surface area contributed by atoms with Crippen LogP contribution in [0.2, 0.25) is 0 Å². The molecule has 0 aliphatic heterocycles. The number of rotatable bonds is 2. The van der Waals surface area contributed by atoms with Crippen molar-refractivity contribution >= 4 is 22.8 Å². The molecular formula is C10H12ClN3. The van der Waals surface area contributed by atoms with Crippen LogP contribution in [0.5, 0.6) is 0 Å². The summed E-state index contributed by atoms with van der Waals surface area (Å²) < 4.78 is 2.05. The summed E-state index contributed by atoms with van der Waals surface area (Å²) in [5, 5.41) is -0.0795. The molecule has 0 aliphatic carbocycles. The van der Waals surface area contributed by atoms with Gasteiger partial charge in [0.15, 0.2) is 5.65 Å². The molecule has 14 heavy (non-hydrogen) atoms. The monoisotopic (exact) mass is 209 g/mol. The molecule has 1 atom stereocenters. The van der Waals surface area contributed by atoms with Crippen molar-refractivity contribution in [2.45, 2.75) is 25.8 Å². The maximum absolute atomic E-state index is 6.05. The van der Waals surface area contributed by atoms with E-state index in [0.29, 0.717) is 0 Å². The molecule has 2 rings (SSSR count). The third-order valence-corrected chi connectivity index (χ3v) is 2.40. The van der Waals surface area contributed by atoms with Crippen molar-refractivity contribution in [3.63, 3.8) is 0 Å². The molecule has 0 saturated carbocycles. The molecule has 74 valence electrons. The van der Waals surface area contributed by atoms with Crippen molar-refractivity contribution in [2.75, 3.05) is 0 Å². The second-order valence-electron chi connectivity index (χ2n) is 3.18. The number of hydrogen-bond donors (Lipinski definition) is 0. The van der Waals surface area contributed by atoms with Gasteiger partial charge >= 0.3 is 0 Å². The van der Waals surface area contributed by atoms with Gasteiger partial charge in [-0.15, -0.1) is 11.6 Å². The van der Waals surface area contributed by atoms with Gasteiger partial charge in [0.25, 0.3) is 0 Å². The molecule has 0 saturated heterocycles. The van der Waals surface area contributed by atoms with Crippen LogP contribution in [0.25, 0.3) is 11.2 Å². The zero-order chi connectivity index (χ0) is 10.1. The van der Waals surface area contributed by atoms with Crippen LogP contribution in [0.3, 0.4) is 0 Å². The Morgan fingerprint density at radius 1 is 1.57 bits per heavy atom. The van der Waals surface area contributed by atoms with Crippen LogP contribution in [-0.4, -0.2) is 14.5 Å². The Labute approximate surface area is 87.7 Å². The number of halogens is 1. The number of fused-ring (bicyclic) bond motifs is 1. The van der Waals surface area contributed by atoms with Gasteiger partial charge in [-0.25, -0.2) is 9.97 Å². The zero-order valence-electron chi connectivity index (χ0n) is 8.24. The Bertz CT molecular complexity index is 448. The summed E-state index contributed by atoms with van der Waals surface area (Å²) in [5.41, 5.74) is 1.83. The third kappa shape index (κ3) is 1.38. The fourth-order valence-corrected chi connectivity index (χ4v) is 1.76. The smallest absolute Gasteiger partial charge is 0.160 e. The van der Waals surface area contributed by atoms with E-state index >= 15 is 0 Å². The minimum absolute atomic E-state index is 0.0795. The summed E-state index contributed by atoms with van der Waals surface area (Å²) >= 11 is 6.05. The molecular weight excluding hydrogens is 198 g/mol. The maximum atomic E-state index is 6.05. The van der Waals surface area contributed by atoms with Crippen molar-refractivity contribution in [1.29, 1.82) is 0 Å². The van der Waals surface area contributed by atoms with E-state index in [4.69, 9.17) is 11.6 Å². The van der Waals surface area contributed by atoms with E-state index in [9.17, 15) is 0 Å². The van der Waals surface area contributed by atoms with Crippen LogP contribution >= 0.6 is 11.6 Å². The number of aromatic nitrogens is 3. The lowest BCUT2D eigenvalue weighted by molar-refractivity contribution is 0.711. The topological polar surface area (TPSA) is 30.7 Å². The van der Waals surface area contributed by atoms with Gasteiger partial charge in [-0.1, -0.05) is 0 Å². The zero-order valence-corrected chi connectivity index (χ0v) is 8.99. The molecule has 0 aliphatic rings. The molecule has 4 heteroatoms. The molecule has 2 aromatic heterocycles. The van der Waals surface area contributed by atoms with E-state index in [1.165, 1.54) is 0 Å². The van der Waals surface area contributed by atoms with E-state index in [-0.39, 0.29) is 5.38 Å². The minimum Gasteiger partial charge on any atom is -0.312 e. The molecule has 0 N–H and O–H groups in total. The fraction of sp³-hybridized carbons (Fsp3) is 0.400. The van der Waals surface area contributed by atoms with Crippen LogP contribution in [0.4, 0.5) is 0 Å². The molecule has 0 radical (unpaired) electrons. The normalized spacial score (nSPS) is 13.4. The Hall–Kier alpha value is -1.09. The summed E-state index contributed by atoms with van der Waals surface area (Å²) in [4.78, 5) is 8.75. The highest BCUT2D eigenvalue weighted by atomic mass is 35.5. The summed E-state index contributed by atoms with van der Waals surface area (Å²) in [6.07, 6.45) is 1.78. The van der Waals surface area contributed by atoms with Crippen LogP contribution in [0.15, 0.2) is 18.3 Å². The van der Waals surface area contributed by atoms with Gasteiger partial charge < -0.3 is 4.57 Å². The Balaban J connectivity index is 2.72. The molecule has 2 heterocycles. The molecule has 3 nitrogen and oxygen atoms in total. The first-order valence-corrected chi connectivity index (χ1v) is 5.13. The van der Waals surface area contributed by atoms with E-state index in [1.807, 2.05) is 23.6 Å². The van der Waals surface area contributed by atoms with Crippen molar-refractivity contribution in [2.24, 2.45) is 0 Å². The summed E-state index contributed by atoms with van der Waals surface area (Å²) in [5.74, 6) is 0.892. The van der Waals surface area contributed by atoms with Crippen molar-refractivity contribution < 1.29 is 0 Å². The number of alkyl halides is 1. The van der Waals surface area contributed by atoms with Gasteiger partial charge in [-0.3, -0.25) is 0 Å². The largest absolute Gasteiger partial charge is 0.312 e. The molecule has 0 aromatic carbocycles. The third-order valence-electron chi connectivity index (χ3n) is 2.21. The van der Waals surface area contributed by atoms with E-state index < -0.39 is 0 Å². The summed E-state index contributed by atoms with van der Waals surface area (Å²) in [7, 11) is 0. The second-order valence-corrected chi connectivity index (χ2v) is 3.83. The van der Waals surface area contributed by atoms with Gasteiger partial charge in [0.2, 0.25) is 0 Å². The van der Waals surface area contributed by atoms with E-state index in [1.54, 1.807) is 6.20 Å². The molecule has 0 bridgehead atoms. The number of imidazole rings is 1. The number of pyridine rings is 1. The Morgan fingerprint density at radius 2 is 2.36 bits per heavy atom. The van der Waals surface area contributed by atoms with Crippen LogP contribution in [-0.2, 0) is 6.54 Å². The lowest BCUT2D eigenvalue weighted by atomic mass is 10.4. The molecule has 0 fully saturated rings. The standard InChI is InChI=1S/C10H12ClN3/c1-3-14-9(7(2)11)13-8-5-4-6-12-10(8)14/h4-7H,3H2,1-2H3. The number of nitrogens with zero attached hydrogens (tertiary/aromatic N) is 3. The number of aryl methyl sites for hydroxylation is 1. The summed E-state index contributed by atoms with van der Waals surface area (Å²) in [6.45, 7) is 4.84. The number of hydrogen-bond acceptors (Lipinski definition) is 2. The molecule has 1 unspecified atom stereocenters. The highest BCUT2D eigenvalue weighted by Gasteiger charge is 2.13. The lowest BCUT2D eigenvalue weighted by Gasteiger charge is -2.05. The lowest BCUT2D eigenvalue weighted by Crippen LogP contribution is -2.02. The van der Waals surface area contributed by atoms with Gasteiger partial charge in [0.05, 0.1) is 5.38 Å². The van der Waals surface area contributed by atoms with Crippen molar-refractivity contribution in [1.82, 2.24) is 14.5 Å². The first-order chi connectivity index (χ1) is 6.74. The average Bonchev–Trinajstić information content (AvgIpc) is 2.56. The maximum Gasteiger partial charge on any atom is 0.160 e. The molecule has 0 spiro atoms. The van der Waals surface area contributed by atoms with Gasteiger partial charge in [-0.2, -0.15) is 0 Å². The minimum atomic E-state index is -0.0795. The SMILES string of the molecule is CCn1c(C(C)Cl)nc2cccnc21. The predicted octanol–water partition coefficient (Wildman–Crippen LogP) is 2.75. The van der Waals surface area contributed by atoms with Crippen LogP contribution in [0, 0.1) is 0 Å². The highest BCUT2D eigenvalue weighted by molar-refractivity contribution is 6.20. The van der Waals surface area contributed by atoms with E-state index in [2.05, 4.69) is 16.9 Å². The fourth-order valence-electron chi connectivity index (χ4n) is 1.59. The average molecular weight is 210 g/mol. The molecule has 0 amide bonds. The molecule has 2 aromatic rings. The second kappa shape index (κ2) is 3.58. The van der Waals surface area contributed by atoms with Gasteiger partial charge in [-0.05, 0) is 26.0 Å². The highest BCUT2D eigenvalue weighted by Crippen LogP contribution is 2.22. The Morgan fingerprint density at radius 3 is 3.00 bits per heavy atom. The first-order valence-electron chi connectivity index (χ1n) is 4.69. The first kappa shape index (κ1) is 9.46. The van der Waals surface area contributed by atoms with Gasteiger partial charge in [0.1, 0.15) is 11.3 Å². The predicted molar refractivity (Wildman–Crippen MR) is 57.5 cm³/mol. The van der Waals surface area contributed by atoms with E-state index in [0.717, 1.165) is 23.5 Å². The van der Waals surface area contributed by atoms with Crippen molar-refractivity contribution in [3.8, 4) is 0 Å². The van der Waals surface area contributed by atoms with Crippen LogP contribution in [0.1, 0.15) is 25.0 Å². The van der Waals surface area contributed by atoms with Crippen molar-refractivity contribution in [3.05, 3.63) is 24.2 Å². The van der Waals surface area contributed by atoms with Gasteiger partial charge in [0, 0.05) is 12.7 Å². The van der Waals surface area contributed by atoms with Crippen LogP contribution < -0.4 is 0 Å². The quantitative estimate of drug-likeness (QED) is 0.713. The Kier molecular flexibility index (Phi) is 2.42.